The van der Waals surface area contributed by atoms with Crippen LogP contribution in [-0.2, 0) is 9.53 Å². The van der Waals surface area contributed by atoms with Gasteiger partial charge in [-0.05, 0) is 25.0 Å². The molecular formula is C13H17NO2. The molecule has 0 radical (unpaired) electrons. The van der Waals surface area contributed by atoms with Gasteiger partial charge in [0.2, 0.25) is 0 Å². The maximum atomic E-state index is 11.1. The van der Waals surface area contributed by atoms with Crippen LogP contribution in [0.15, 0.2) is 18.2 Å². The molecule has 1 aliphatic rings. The van der Waals surface area contributed by atoms with Crippen molar-refractivity contribution in [3.63, 3.8) is 0 Å². The third-order valence-corrected chi connectivity index (χ3v) is 3.11. The number of hydrogen-bond acceptors (Lipinski definition) is 3. The number of methoxy groups -OCH3 is 1. The summed E-state index contributed by atoms with van der Waals surface area (Å²) in [6.07, 6.45) is 1.35. The number of benzene rings is 1. The lowest BCUT2D eigenvalue weighted by atomic mass is 9.95. The Balaban J connectivity index is 2.05. The summed E-state index contributed by atoms with van der Waals surface area (Å²) in [4.78, 5) is 11.1. The van der Waals surface area contributed by atoms with E-state index in [1.807, 2.05) is 0 Å². The van der Waals surface area contributed by atoms with Crippen molar-refractivity contribution in [1.29, 1.82) is 0 Å². The molecule has 16 heavy (non-hydrogen) atoms. The Bertz CT molecular complexity index is 401. The van der Waals surface area contributed by atoms with Gasteiger partial charge in [0.15, 0.2) is 0 Å². The van der Waals surface area contributed by atoms with Crippen LogP contribution in [0.25, 0.3) is 0 Å². The van der Waals surface area contributed by atoms with Crippen molar-refractivity contribution in [2.45, 2.75) is 25.7 Å². The van der Waals surface area contributed by atoms with Crippen LogP contribution in [0.4, 0.5) is 5.69 Å². The van der Waals surface area contributed by atoms with Gasteiger partial charge in [-0.3, -0.25) is 4.79 Å². The van der Waals surface area contributed by atoms with E-state index in [1.165, 1.54) is 23.9 Å². The molecule has 0 amide bonds. The second kappa shape index (κ2) is 4.56. The molecular weight excluding hydrogens is 202 g/mol. The second-order valence-electron chi connectivity index (χ2n) is 4.28. The third-order valence-electron chi connectivity index (χ3n) is 3.11. The maximum absolute atomic E-state index is 11.1. The van der Waals surface area contributed by atoms with Gasteiger partial charge in [0.05, 0.1) is 7.11 Å². The first kappa shape index (κ1) is 11.0. The van der Waals surface area contributed by atoms with Crippen LogP contribution in [0.1, 0.15) is 29.9 Å². The Morgan fingerprint density at radius 2 is 2.38 bits per heavy atom. The monoisotopic (exact) mass is 219 g/mol. The molecule has 1 unspecified atom stereocenters. The van der Waals surface area contributed by atoms with Gasteiger partial charge < -0.3 is 10.1 Å². The molecule has 1 aromatic carbocycles. The van der Waals surface area contributed by atoms with E-state index in [0.29, 0.717) is 12.3 Å². The highest BCUT2D eigenvalue weighted by molar-refractivity contribution is 5.69. The number of aryl methyl sites for hydroxylation is 1. The molecule has 0 saturated carbocycles. The fourth-order valence-electron chi connectivity index (χ4n) is 2.18. The molecule has 0 spiro atoms. The van der Waals surface area contributed by atoms with E-state index in [9.17, 15) is 4.79 Å². The number of esters is 1. The standard InChI is InChI=1S/C13H17NO2/c1-9-3-5-12-11(7-9)10(8-14-12)4-6-13(15)16-2/h3,5,7,10,14H,4,6,8H2,1-2H3. The number of fused-ring (bicyclic) bond motifs is 1. The van der Waals surface area contributed by atoms with E-state index in [4.69, 9.17) is 0 Å². The molecule has 1 N–H and O–H groups in total. The first-order valence-electron chi connectivity index (χ1n) is 5.62. The molecule has 0 saturated heterocycles. The minimum Gasteiger partial charge on any atom is -0.469 e. The number of ether oxygens (including phenoxy) is 1. The number of hydrogen-bond donors (Lipinski definition) is 1. The highest BCUT2D eigenvalue weighted by Gasteiger charge is 2.22. The van der Waals surface area contributed by atoms with Crippen LogP contribution in [0.3, 0.4) is 0 Å². The van der Waals surface area contributed by atoms with Crippen molar-refractivity contribution < 1.29 is 9.53 Å². The minimum atomic E-state index is -0.124. The van der Waals surface area contributed by atoms with Gasteiger partial charge in [0.25, 0.3) is 0 Å². The summed E-state index contributed by atoms with van der Waals surface area (Å²) in [5.41, 5.74) is 3.81. The van der Waals surface area contributed by atoms with Crippen LogP contribution < -0.4 is 5.32 Å². The predicted molar refractivity (Wildman–Crippen MR) is 63.7 cm³/mol. The Morgan fingerprint density at radius 3 is 3.12 bits per heavy atom. The molecule has 1 aromatic rings. The van der Waals surface area contributed by atoms with E-state index < -0.39 is 0 Å². The molecule has 86 valence electrons. The van der Waals surface area contributed by atoms with Crippen molar-refractivity contribution in [3.05, 3.63) is 29.3 Å². The number of rotatable bonds is 3. The average molecular weight is 219 g/mol. The lowest BCUT2D eigenvalue weighted by Gasteiger charge is -2.09. The SMILES string of the molecule is COC(=O)CCC1CNc2ccc(C)cc21. The van der Waals surface area contributed by atoms with Crippen LogP contribution in [0, 0.1) is 6.92 Å². The molecule has 0 aliphatic carbocycles. The zero-order valence-electron chi connectivity index (χ0n) is 9.75. The fraction of sp³-hybridized carbons (Fsp3) is 0.462. The number of carbonyl (C=O) groups excluding carboxylic acids is 1. The second-order valence-corrected chi connectivity index (χ2v) is 4.28. The molecule has 1 atom stereocenters. The molecule has 0 aromatic heterocycles. The molecule has 0 bridgehead atoms. The number of carbonyl (C=O) groups is 1. The fourth-order valence-corrected chi connectivity index (χ4v) is 2.18. The van der Waals surface area contributed by atoms with E-state index in [2.05, 4.69) is 35.2 Å². The smallest absolute Gasteiger partial charge is 0.305 e. The number of anilines is 1. The van der Waals surface area contributed by atoms with Crippen molar-refractivity contribution in [2.24, 2.45) is 0 Å². The molecule has 3 nitrogen and oxygen atoms in total. The summed E-state index contributed by atoms with van der Waals surface area (Å²) >= 11 is 0. The van der Waals surface area contributed by atoms with Gasteiger partial charge in [-0.25, -0.2) is 0 Å². The topological polar surface area (TPSA) is 38.3 Å². The van der Waals surface area contributed by atoms with E-state index in [1.54, 1.807) is 0 Å². The van der Waals surface area contributed by atoms with E-state index in [0.717, 1.165) is 13.0 Å². The zero-order chi connectivity index (χ0) is 11.5. The lowest BCUT2D eigenvalue weighted by molar-refractivity contribution is -0.140. The highest BCUT2D eigenvalue weighted by Crippen LogP contribution is 2.34. The number of nitrogens with one attached hydrogen (secondary N) is 1. The maximum Gasteiger partial charge on any atom is 0.305 e. The minimum absolute atomic E-state index is 0.124. The average Bonchev–Trinajstić information content (AvgIpc) is 2.68. The van der Waals surface area contributed by atoms with Crippen molar-refractivity contribution in [3.8, 4) is 0 Å². The normalized spacial score (nSPS) is 17.8. The summed E-state index contributed by atoms with van der Waals surface area (Å²) in [6.45, 7) is 3.02. The van der Waals surface area contributed by atoms with Crippen LogP contribution in [-0.4, -0.2) is 19.6 Å². The Kier molecular flexibility index (Phi) is 3.13. The van der Waals surface area contributed by atoms with Crippen LogP contribution >= 0.6 is 0 Å². The molecule has 3 heteroatoms. The van der Waals surface area contributed by atoms with Crippen molar-refractivity contribution >= 4 is 11.7 Å². The summed E-state index contributed by atoms with van der Waals surface area (Å²) in [7, 11) is 1.44. The molecule has 2 rings (SSSR count). The summed E-state index contributed by atoms with van der Waals surface area (Å²) in [5.74, 6) is 0.315. The van der Waals surface area contributed by atoms with Crippen molar-refractivity contribution in [2.75, 3.05) is 19.0 Å². The Hall–Kier alpha value is -1.51. The van der Waals surface area contributed by atoms with Gasteiger partial charge >= 0.3 is 5.97 Å². The molecule has 0 fully saturated rings. The summed E-state index contributed by atoms with van der Waals surface area (Å²) in [5, 5.41) is 3.37. The van der Waals surface area contributed by atoms with Crippen LogP contribution in [0.5, 0.6) is 0 Å². The lowest BCUT2D eigenvalue weighted by Crippen LogP contribution is -2.07. The first-order valence-corrected chi connectivity index (χ1v) is 5.62. The van der Waals surface area contributed by atoms with E-state index in [-0.39, 0.29) is 5.97 Å². The zero-order valence-corrected chi connectivity index (χ0v) is 9.75. The largest absolute Gasteiger partial charge is 0.469 e. The molecule has 1 aliphatic heterocycles. The quantitative estimate of drug-likeness (QED) is 0.794. The van der Waals surface area contributed by atoms with Gasteiger partial charge in [0, 0.05) is 24.6 Å². The third kappa shape index (κ3) is 2.18. The Morgan fingerprint density at radius 1 is 1.56 bits per heavy atom. The summed E-state index contributed by atoms with van der Waals surface area (Å²) < 4.78 is 4.66. The van der Waals surface area contributed by atoms with E-state index >= 15 is 0 Å². The van der Waals surface area contributed by atoms with Crippen molar-refractivity contribution in [1.82, 2.24) is 0 Å². The van der Waals surface area contributed by atoms with Gasteiger partial charge in [0.1, 0.15) is 0 Å². The molecule has 1 heterocycles. The highest BCUT2D eigenvalue weighted by atomic mass is 16.5. The van der Waals surface area contributed by atoms with Gasteiger partial charge in [-0.2, -0.15) is 0 Å². The van der Waals surface area contributed by atoms with Crippen LogP contribution in [0.2, 0.25) is 0 Å². The van der Waals surface area contributed by atoms with Gasteiger partial charge in [-0.1, -0.05) is 17.7 Å². The summed E-state index contributed by atoms with van der Waals surface area (Å²) in [6, 6.07) is 6.43. The Labute approximate surface area is 95.8 Å². The predicted octanol–water partition coefficient (Wildman–Crippen LogP) is 2.46. The first-order chi connectivity index (χ1) is 7.70. The van der Waals surface area contributed by atoms with Gasteiger partial charge in [-0.15, -0.1) is 0 Å².